The zero-order valence-electron chi connectivity index (χ0n) is 10.2. The van der Waals surface area contributed by atoms with Crippen molar-refractivity contribution in [2.45, 2.75) is 25.7 Å². The predicted octanol–water partition coefficient (Wildman–Crippen LogP) is -0.401. The van der Waals surface area contributed by atoms with Crippen LogP contribution in [0.4, 0.5) is 9.59 Å². The Morgan fingerprint density at radius 3 is 2.11 bits per heavy atom. The van der Waals surface area contributed by atoms with E-state index in [0.29, 0.717) is 19.5 Å². The van der Waals surface area contributed by atoms with Crippen LogP contribution in [0, 0.1) is 0 Å². The van der Waals surface area contributed by atoms with Gasteiger partial charge in [-0.3, -0.25) is 4.79 Å². The summed E-state index contributed by atoms with van der Waals surface area (Å²) in [6.45, 7) is 1.07. The van der Waals surface area contributed by atoms with Gasteiger partial charge in [-0.25, -0.2) is 9.59 Å². The summed E-state index contributed by atoms with van der Waals surface area (Å²) in [7, 11) is 0. The molecular weight excluding hydrogens is 240 g/mol. The predicted molar refractivity (Wildman–Crippen MR) is 65.1 cm³/mol. The topological polar surface area (TPSA) is 134 Å². The average Bonchev–Trinajstić information content (AvgIpc) is 2.28. The molecule has 8 heteroatoms. The van der Waals surface area contributed by atoms with E-state index in [-0.39, 0.29) is 19.0 Å². The Hall–Kier alpha value is -1.99. The number of hydrogen-bond donors (Lipinski definition) is 5. The molecule has 4 amide bonds. The largest absolute Gasteiger partial charge is 0.481 e. The van der Waals surface area contributed by atoms with Crippen LogP contribution in [0.5, 0.6) is 0 Å². The highest BCUT2D eigenvalue weighted by Gasteiger charge is 2.00. The molecule has 0 aliphatic heterocycles. The molecule has 0 rings (SSSR count). The molecule has 0 aromatic rings. The van der Waals surface area contributed by atoms with Gasteiger partial charge in [0.05, 0.1) is 0 Å². The molecule has 8 nitrogen and oxygen atoms in total. The van der Waals surface area contributed by atoms with Gasteiger partial charge in [-0.2, -0.15) is 0 Å². The second-order valence-electron chi connectivity index (χ2n) is 3.68. The highest BCUT2D eigenvalue weighted by Crippen LogP contribution is 1.98. The normalized spacial score (nSPS) is 9.56. The summed E-state index contributed by atoms with van der Waals surface area (Å²) in [5, 5.41) is 15.9. The zero-order valence-corrected chi connectivity index (χ0v) is 10.2. The van der Waals surface area contributed by atoms with Crippen LogP contribution in [-0.4, -0.2) is 42.8 Å². The molecule has 0 saturated carbocycles. The number of carbonyl (C=O) groups excluding carboxylic acids is 2. The third-order valence-corrected chi connectivity index (χ3v) is 2.06. The van der Waals surface area contributed by atoms with Gasteiger partial charge in [-0.05, 0) is 12.8 Å². The van der Waals surface area contributed by atoms with Crippen molar-refractivity contribution in [3.8, 4) is 0 Å². The Balaban J connectivity index is 3.26. The van der Waals surface area contributed by atoms with E-state index in [9.17, 15) is 14.4 Å². The number of unbranched alkanes of at least 4 members (excludes halogenated alkanes) is 2. The summed E-state index contributed by atoms with van der Waals surface area (Å²) in [5.41, 5.74) is 4.84. The average molecular weight is 260 g/mol. The lowest BCUT2D eigenvalue weighted by Crippen LogP contribution is -2.41. The molecule has 0 radical (unpaired) electrons. The summed E-state index contributed by atoms with van der Waals surface area (Å²) < 4.78 is 0. The van der Waals surface area contributed by atoms with E-state index in [1.807, 2.05) is 0 Å². The van der Waals surface area contributed by atoms with Gasteiger partial charge in [0.25, 0.3) is 0 Å². The Bertz CT molecular complexity index is 283. The van der Waals surface area contributed by atoms with Crippen molar-refractivity contribution in [2.24, 2.45) is 5.73 Å². The van der Waals surface area contributed by atoms with E-state index in [1.54, 1.807) is 0 Å². The maximum absolute atomic E-state index is 11.2. The quantitative estimate of drug-likeness (QED) is 0.360. The Morgan fingerprint density at radius 1 is 0.889 bits per heavy atom. The van der Waals surface area contributed by atoms with Gasteiger partial charge in [0.2, 0.25) is 0 Å². The summed E-state index contributed by atoms with van der Waals surface area (Å²) in [5.74, 6) is -0.803. The van der Waals surface area contributed by atoms with Crippen molar-refractivity contribution in [1.82, 2.24) is 16.0 Å². The number of nitrogens with one attached hydrogen (secondary N) is 3. The minimum atomic E-state index is -0.803. The third kappa shape index (κ3) is 12.1. The summed E-state index contributed by atoms with van der Waals surface area (Å²) in [4.78, 5) is 31.7. The van der Waals surface area contributed by atoms with Crippen LogP contribution in [0.2, 0.25) is 0 Å². The lowest BCUT2D eigenvalue weighted by Gasteiger charge is -2.07. The van der Waals surface area contributed by atoms with Gasteiger partial charge in [0, 0.05) is 26.1 Å². The number of carboxylic acid groups (broad SMARTS) is 1. The van der Waals surface area contributed by atoms with E-state index in [1.165, 1.54) is 0 Å². The van der Waals surface area contributed by atoms with Crippen molar-refractivity contribution in [2.75, 3.05) is 19.6 Å². The molecule has 0 aliphatic carbocycles. The SMILES string of the molecule is NC(=O)NCCNC(=O)NCCCCCC(=O)O. The lowest BCUT2D eigenvalue weighted by atomic mass is 10.2. The fourth-order valence-electron chi connectivity index (χ4n) is 1.20. The zero-order chi connectivity index (χ0) is 13.8. The number of amides is 4. The maximum Gasteiger partial charge on any atom is 0.314 e. The molecule has 0 fully saturated rings. The van der Waals surface area contributed by atoms with E-state index in [4.69, 9.17) is 10.8 Å². The van der Waals surface area contributed by atoms with Crippen LogP contribution >= 0.6 is 0 Å². The van der Waals surface area contributed by atoms with Crippen LogP contribution < -0.4 is 21.7 Å². The second kappa shape index (κ2) is 10.2. The van der Waals surface area contributed by atoms with E-state index in [0.717, 1.165) is 12.8 Å². The van der Waals surface area contributed by atoms with Crippen LogP contribution in [-0.2, 0) is 4.79 Å². The molecule has 0 unspecified atom stereocenters. The monoisotopic (exact) mass is 260 g/mol. The van der Waals surface area contributed by atoms with Crippen molar-refractivity contribution in [3.63, 3.8) is 0 Å². The number of rotatable bonds is 9. The number of carboxylic acids is 1. The molecule has 0 aromatic carbocycles. The maximum atomic E-state index is 11.2. The van der Waals surface area contributed by atoms with Gasteiger partial charge >= 0.3 is 18.0 Å². The first kappa shape index (κ1) is 16.0. The number of aliphatic carboxylic acids is 1. The van der Waals surface area contributed by atoms with Crippen molar-refractivity contribution in [1.29, 1.82) is 0 Å². The van der Waals surface area contributed by atoms with Gasteiger partial charge < -0.3 is 26.8 Å². The number of carbonyl (C=O) groups is 3. The molecule has 0 spiro atoms. The molecule has 0 heterocycles. The number of urea groups is 2. The van der Waals surface area contributed by atoms with Gasteiger partial charge in [-0.1, -0.05) is 6.42 Å². The van der Waals surface area contributed by atoms with Crippen LogP contribution in [0.3, 0.4) is 0 Å². The molecule has 0 bridgehead atoms. The van der Waals surface area contributed by atoms with Crippen molar-refractivity contribution >= 4 is 18.0 Å². The lowest BCUT2D eigenvalue weighted by molar-refractivity contribution is -0.137. The minimum Gasteiger partial charge on any atom is -0.481 e. The fraction of sp³-hybridized carbons (Fsp3) is 0.700. The molecule has 0 saturated heterocycles. The first-order valence-corrected chi connectivity index (χ1v) is 5.79. The highest BCUT2D eigenvalue weighted by atomic mass is 16.4. The molecule has 104 valence electrons. The third-order valence-electron chi connectivity index (χ3n) is 2.06. The number of nitrogens with two attached hydrogens (primary N) is 1. The van der Waals surface area contributed by atoms with Gasteiger partial charge in [0.15, 0.2) is 0 Å². The first-order chi connectivity index (χ1) is 8.52. The van der Waals surface area contributed by atoms with Crippen LogP contribution in [0.25, 0.3) is 0 Å². The number of primary amides is 1. The van der Waals surface area contributed by atoms with Gasteiger partial charge in [0.1, 0.15) is 0 Å². The van der Waals surface area contributed by atoms with E-state index in [2.05, 4.69) is 16.0 Å². The van der Waals surface area contributed by atoms with E-state index < -0.39 is 12.0 Å². The first-order valence-electron chi connectivity index (χ1n) is 5.79. The molecular formula is C10H20N4O4. The van der Waals surface area contributed by atoms with E-state index >= 15 is 0 Å². The highest BCUT2D eigenvalue weighted by molar-refractivity contribution is 5.74. The molecule has 18 heavy (non-hydrogen) atoms. The van der Waals surface area contributed by atoms with Gasteiger partial charge in [-0.15, -0.1) is 0 Å². The summed E-state index contributed by atoms with van der Waals surface area (Å²) in [6.07, 6.45) is 2.27. The number of hydrogen-bond acceptors (Lipinski definition) is 3. The van der Waals surface area contributed by atoms with Crippen molar-refractivity contribution in [3.05, 3.63) is 0 Å². The molecule has 0 atom stereocenters. The summed E-state index contributed by atoms with van der Waals surface area (Å²) in [6, 6.07) is -0.949. The second-order valence-corrected chi connectivity index (χ2v) is 3.68. The molecule has 6 N–H and O–H groups in total. The Labute approximate surface area is 105 Å². The van der Waals surface area contributed by atoms with Crippen LogP contribution in [0.15, 0.2) is 0 Å². The smallest absolute Gasteiger partial charge is 0.314 e. The van der Waals surface area contributed by atoms with Crippen LogP contribution in [0.1, 0.15) is 25.7 Å². The molecule has 0 aromatic heterocycles. The summed E-state index contributed by atoms with van der Waals surface area (Å²) >= 11 is 0. The van der Waals surface area contributed by atoms with Crippen molar-refractivity contribution < 1.29 is 19.5 Å². The minimum absolute atomic E-state index is 0.158. The molecule has 0 aliphatic rings. The Kier molecular flexibility index (Phi) is 9.06. The standard InChI is InChI=1S/C10H20N4O4/c11-9(17)12-6-7-14-10(18)13-5-3-1-2-4-8(15)16/h1-7H2,(H,15,16)(H3,11,12,17)(H2,13,14,18). The Morgan fingerprint density at radius 2 is 1.50 bits per heavy atom. The fourth-order valence-corrected chi connectivity index (χ4v) is 1.20.